The van der Waals surface area contributed by atoms with Gasteiger partial charge in [-0.3, -0.25) is 4.79 Å². The van der Waals surface area contributed by atoms with Gasteiger partial charge in [0.2, 0.25) is 5.91 Å². The van der Waals surface area contributed by atoms with Crippen LogP contribution in [-0.4, -0.2) is 48.2 Å². The predicted octanol–water partition coefficient (Wildman–Crippen LogP) is -0.811. The summed E-state index contributed by atoms with van der Waals surface area (Å²) in [5.41, 5.74) is 0. The second kappa shape index (κ2) is 4.42. The van der Waals surface area contributed by atoms with E-state index in [9.17, 15) is 4.79 Å². The number of carbonyl (C=O) groups is 1. The zero-order valence-electron chi connectivity index (χ0n) is 7.42. The van der Waals surface area contributed by atoms with Crippen molar-refractivity contribution < 1.29 is 9.90 Å². The van der Waals surface area contributed by atoms with Crippen LogP contribution in [0.4, 0.5) is 0 Å². The highest BCUT2D eigenvalue weighted by atomic mass is 16.3. The molecule has 1 saturated heterocycles. The van der Waals surface area contributed by atoms with Crippen LogP contribution < -0.4 is 5.32 Å². The second-order valence-electron chi connectivity index (χ2n) is 3.19. The minimum atomic E-state index is -0.424. The largest absolute Gasteiger partial charge is 0.392 e. The molecule has 1 aliphatic rings. The highest BCUT2D eigenvalue weighted by Gasteiger charge is 2.16. The van der Waals surface area contributed by atoms with Gasteiger partial charge < -0.3 is 15.3 Å². The predicted molar refractivity (Wildman–Crippen MR) is 45.7 cm³/mol. The molecule has 0 saturated carbocycles. The van der Waals surface area contributed by atoms with Gasteiger partial charge in [-0.05, 0) is 6.92 Å². The maximum absolute atomic E-state index is 11.3. The van der Waals surface area contributed by atoms with Gasteiger partial charge in [0.05, 0.1) is 6.10 Å². The Morgan fingerprint density at radius 3 is 3.08 bits per heavy atom. The Labute approximate surface area is 72.6 Å². The van der Waals surface area contributed by atoms with Gasteiger partial charge in [-0.2, -0.15) is 0 Å². The summed E-state index contributed by atoms with van der Waals surface area (Å²) in [4.78, 5) is 13.0. The average molecular weight is 172 g/mol. The second-order valence-corrected chi connectivity index (χ2v) is 3.19. The van der Waals surface area contributed by atoms with Crippen molar-refractivity contribution in [3.05, 3.63) is 0 Å². The van der Waals surface area contributed by atoms with Gasteiger partial charge in [-0.1, -0.05) is 0 Å². The van der Waals surface area contributed by atoms with Crippen molar-refractivity contribution >= 4 is 5.91 Å². The summed E-state index contributed by atoms with van der Waals surface area (Å²) in [6.45, 7) is 4.46. The first kappa shape index (κ1) is 9.48. The van der Waals surface area contributed by atoms with E-state index in [0.29, 0.717) is 19.5 Å². The minimum Gasteiger partial charge on any atom is -0.392 e. The maximum Gasteiger partial charge on any atom is 0.223 e. The number of hydrogen-bond donors (Lipinski definition) is 2. The van der Waals surface area contributed by atoms with Crippen LogP contribution >= 0.6 is 0 Å². The molecular weight excluding hydrogens is 156 g/mol. The molecule has 70 valence electrons. The standard InChI is InChI=1S/C8H16N2O2/c1-7(11)6-10-5-4-9-3-2-8(10)12/h7,9,11H,2-6H2,1H3. The normalized spacial score (nSPS) is 22.2. The zero-order valence-corrected chi connectivity index (χ0v) is 7.42. The third kappa shape index (κ3) is 2.79. The molecule has 4 heteroatoms. The van der Waals surface area contributed by atoms with Crippen molar-refractivity contribution in [3.8, 4) is 0 Å². The molecule has 0 aromatic heterocycles. The molecule has 1 atom stereocenters. The first-order valence-corrected chi connectivity index (χ1v) is 4.36. The van der Waals surface area contributed by atoms with Crippen molar-refractivity contribution in [2.45, 2.75) is 19.4 Å². The summed E-state index contributed by atoms with van der Waals surface area (Å²) < 4.78 is 0. The third-order valence-electron chi connectivity index (χ3n) is 1.91. The van der Waals surface area contributed by atoms with Crippen molar-refractivity contribution in [3.63, 3.8) is 0 Å². The smallest absolute Gasteiger partial charge is 0.223 e. The van der Waals surface area contributed by atoms with Gasteiger partial charge in [0.25, 0.3) is 0 Å². The van der Waals surface area contributed by atoms with E-state index in [4.69, 9.17) is 5.11 Å². The molecule has 2 N–H and O–H groups in total. The van der Waals surface area contributed by atoms with Crippen LogP contribution in [0.2, 0.25) is 0 Å². The lowest BCUT2D eigenvalue weighted by Crippen LogP contribution is -2.37. The molecule has 1 heterocycles. The third-order valence-corrected chi connectivity index (χ3v) is 1.91. The number of carbonyl (C=O) groups excluding carboxylic acids is 1. The molecule has 4 nitrogen and oxygen atoms in total. The lowest BCUT2D eigenvalue weighted by Gasteiger charge is -2.21. The Hall–Kier alpha value is -0.610. The molecule has 0 aliphatic carbocycles. The molecule has 0 aromatic rings. The topological polar surface area (TPSA) is 52.6 Å². The number of amides is 1. The number of nitrogens with zero attached hydrogens (tertiary/aromatic N) is 1. The zero-order chi connectivity index (χ0) is 8.97. The summed E-state index contributed by atoms with van der Waals surface area (Å²) in [6.07, 6.45) is 0.124. The van der Waals surface area contributed by atoms with Gasteiger partial charge in [0.15, 0.2) is 0 Å². The molecule has 0 radical (unpaired) electrons. The fourth-order valence-corrected chi connectivity index (χ4v) is 1.33. The van der Waals surface area contributed by atoms with Gasteiger partial charge in [-0.15, -0.1) is 0 Å². The van der Waals surface area contributed by atoms with Crippen LogP contribution in [0.1, 0.15) is 13.3 Å². The summed E-state index contributed by atoms with van der Waals surface area (Å²) in [5, 5.41) is 12.2. The van der Waals surface area contributed by atoms with Crippen molar-refractivity contribution in [1.29, 1.82) is 0 Å². The Bertz CT molecular complexity index is 159. The van der Waals surface area contributed by atoms with E-state index in [-0.39, 0.29) is 5.91 Å². The summed E-state index contributed by atoms with van der Waals surface area (Å²) in [5.74, 6) is 0.140. The quantitative estimate of drug-likeness (QED) is 0.573. The van der Waals surface area contributed by atoms with E-state index in [0.717, 1.165) is 13.1 Å². The van der Waals surface area contributed by atoms with Crippen LogP contribution in [0.5, 0.6) is 0 Å². The first-order valence-electron chi connectivity index (χ1n) is 4.36. The van der Waals surface area contributed by atoms with Crippen molar-refractivity contribution in [1.82, 2.24) is 10.2 Å². The monoisotopic (exact) mass is 172 g/mol. The lowest BCUT2D eigenvalue weighted by molar-refractivity contribution is -0.131. The molecule has 1 amide bonds. The fourth-order valence-electron chi connectivity index (χ4n) is 1.33. The number of rotatable bonds is 2. The minimum absolute atomic E-state index is 0.140. The molecule has 1 unspecified atom stereocenters. The van der Waals surface area contributed by atoms with Gasteiger partial charge in [0, 0.05) is 32.6 Å². The lowest BCUT2D eigenvalue weighted by atomic mass is 10.3. The highest BCUT2D eigenvalue weighted by Crippen LogP contribution is 1.98. The van der Waals surface area contributed by atoms with E-state index in [1.165, 1.54) is 0 Å². The number of aliphatic hydroxyl groups excluding tert-OH is 1. The first-order chi connectivity index (χ1) is 5.70. The average Bonchev–Trinajstić information content (AvgIpc) is 2.16. The van der Waals surface area contributed by atoms with E-state index in [1.54, 1.807) is 11.8 Å². The molecule has 1 aliphatic heterocycles. The summed E-state index contributed by atoms with van der Waals surface area (Å²) in [6, 6.07) is 0. The number of nitrogens with one attached hydrogen (secondary N) is 1. The summed E-state index contributed by atoms with van der Waals surface area (Å²) >= 11 is 0. The Balaban J connectivity index is 2.42. The van der Waals surface area contributed by atoms with E-state index in [2.05, 4.69) is 5.32 Å². The Morgan fingerprint density at radius 2 is 2.42 bits per heavy atom. The van der Waals surface area contributed by atoms with Crippen LogP contribution in [0.3, 0.4) is 0 Å². The molecule has 0 aromatic carbocycles. The van der Waals surface area contributed by atoms with Crippen molar-refractivity contribution in [2.75, 3.05) is 26.2 Å². The van der Waals surface area contributed by atoms with Crippen LogP contribution in [-0.2, 0) is 4.79 Å². The molecule has 1 fully saturated rings. The Morgan fingerprint density at radius 1 is 1.67 bits per heavy atom. The number of β-amino-alcohol motifs (C(OH)–C–C–N with tert-alkyl or cyclic N) is 1. The van der Waals surface area contributed by atoms with Gasteiger partial charge >= 0.3 is 0 Å². The van der Waals surface area contributed by atoms with E-state index >= 15 is 0 Å². The van der Waals surface area contributed by atoms with E-state index in [1.807, 2.05) is 0 Å². The molecule has 0 spiro atoms. The van der Waals surface area contributed by atoms with Crippen LogP contribution in [0.25, 0.3) is 0 Å². The molecule has 12 heavy (non-hydrogen) atoms. The number of aliphatic hydroxyl groups is 1. The number of hydrogen-bond acceptors (Lipinski definition) is 3. The van der Waals surface area contributed by atoms with E-state index < -0.39 is 6.10 Å². The SMILES string of the molecule is CC(O)CN1CCNCCC1=O. The molecule has 1 rings (SSSR count). The van der Waals surface area contributed by atoms with Crippen molar-refractivity contribution in [2.24, 2.45) is 0 Å². The summed E-state index contributed by atoms with van der Waals surface area (Å²) in [7, 11) is 0. The van der Waals surface area contributed by atoms with Gasteiger partial charge in [-0.25, -0.2) is 0 Å². The van der Waals surface area contributed by atoms with Gasteiger partial charge in [0.1, 0.15) is 0 Å². The van der Waals surface area contributed by atoms with Crippen LogP contribution in [0.15, 0.2) is 0 Å². The maximum atomic E-state index is 11.3. The van der Waals surface area contributed by atoms with Crippen LogP contribution in [0, 0.1) is 0 Å². The molecular formula is C8H16N2O2. The fraction of sp³-hybridized carbons (Fsp3) is 0.875. The molecule has 0 bridgehead atoms. The Kier molecular flexibility index (Phi) is 3.49. The highest BCUT2D eigenvalue weighted by molar-refractivity contribution is 5.76.